The van der Waals surface area contributed by atoms with Gasteiger partial charge in [0, 0.05) is 6.04 Å². The highest BCUT2D eigenvalue weighted by molar-refractivity contribution is 5.87. The summed E-state index contributed by atoms with van der Waals surface area (Å²) < 4.78 is 38.7. The van der Waals surface area contributed by atoms with Gasteiger partial charge in [-0.05, 0) is 51.5 Å². The Kier molecular flexibility index (Phi) is 4.85. The van der Waals surface area contributed by atoms with Crippen LogP contribution in [0.15, 0.2) is 0 Å². The Balaban J connectivity index is 2.19. The van der Waals surface area contributed by atoms with Crippen LogP contribution in [0.4, 0.5) is 13.2 Å². The quantitative estimate of drug-likeness (QED) is 0.818. The Hall–Kier alpha value is -0.780. The fourth-order valence-corrected chi connectivity index (χ4v) is 3.44. The molecule has 6 heteroatoms. The van der Waals surface area contributed by atoms with E-state index >= 15 is 0 Å². The Morgan fingerprint density at radius 2 is 2.10 bits per heavy atom. The van der Waals surface area contributed by atoms with Gasteiger partial charge in [0.05, 0.1) is 5.54 Å². The van der Waals surface area contributed by atoms with Crippen molar-refractivity contribution in [2.75, 3.05) is 13.1 Å². The van der Waals surface area contributed by atoms with E-state index in [0.29, 0.717) is 19.4 Å². The molecular weight excluding hydrogens is 281 g/mol. The molecule has 0 aromatic carbocycles. The normalized spacial score (nSPS) is 27.7. The average molecular weight is 306 g/mol. The van der Waals surface area contributed by atoms with Crippen molar-refractivity contribution in [2.24, 2.45) is 5.92 Å². The molecule has 1 aliphatic carbocycles. The topological polar surface area (TPSA) is 32.3 Å². The third-order valence-electron chi connectivity index (χ3n) is 4.74. The molecule has 0 spiro atoms. The highest BCUT2D eigenvalue weighted by Crippen LogP contribution is 2.38. The molecule has 2 aliphatic rings. The molecule has 1 amide bonds. The number of rotatable bonds is 6. The maximum atomic E-state index is 12.9. The molecular formula is C15H25F3N2O. The standard InChI is InChI=1S/C15H25F3N2O/c1-3-7-14(8-4-9-19-14)13(21)20(10-15(16,17)18)11(2)12-5-6-12/h11-12,19H,3-10H2,1-2H3. The van der Waals surface area contributed by atoms with Crippen LogP contribution in [0, 0.1) is 5.92 Å². The largest absolute Gasteiger partial charge is 0.406 e. The SMILES string of the molecule is CCCC1(C(=O)N(CC(F)(F)F)C(C)C2CC2)CCCN1. The summed E-state index contributed by atoms with van der Waals surface area (Å²) in [5, 5.41) is 3.19. The second kappa shape index (κ2) is 6.15. The van der Waals surface area contributed by atoms with Crippen LogP contribution in [0.25, 0.3) is 0 Å². The number of hydrogen-bond donors (Lipinski definition) is 1. The van der Waals surface area contributed by atoms with E-state index in [-0.39, 0.29) is 17.9 Å². The van der Waals surface area contributed by atoms with Crippen LogP contribution in [0.2, 0.25) is 0 Å². The van der Waals surface area contributed by atoms with Crippen molar-refractivity contribution in [1.29, 1.82) is 0 Å². The number of nitrogens with zero attached hydrogens (tertiary/aromatic N) is 1. The van der Waals surface area contributed by atoms with E-state index in [1.165, 1.54) is 0 Å². The van der Waals surface area contributed by atoms with E-state index in [9.17, 15) is 18.0 Å². The van der Waals surface area contributed by atoms with Crippen LogP contribution in [0.3, 0.4) is 0 Å². The maximum Gasteiger partial charge on any atom is 0.406 e. The number of hydrogen-bond acceptors (Lipinski definition) is 2. The lowest BCUT2D eigenvalue weighted by Crippen LogP contribution is -2.59. The molecule has 122 valence electrons. The van der Waals surface area contributed by atoms with Crippen molar-refractivity contribution in [3.8, 4) is 0 Å². The average Bonchev–Trinajstić information content (AvgIpc) is 3.14. The van der Waals surface area contributed by atoms with E-state index in [0.717, 1.165) is 30.6 Å². The number of carbonyl (C=O) groups is 1. The van der Waals surface area contributed by atoms with Gasteiger partial charge in [-0.25, -0.2) is 0 Å². The van der Waals surface area contributed by atoms with Gasteiger partial charge in [-0.2, -0.15) is 13.2 Å². The molecule has 0 aromatic heterocycles. The van der Waals surface area contributed by atoms with E-state index in [1.54, 1.807) is 6.92 Å². The van der Waals surface area contributed by atoms with Gasteiger partial charge in [-0.3, -0.25) is 4.79 Å². The fourth-order valence-electron chi connectivity index (χ4n) is 3.44. The van der Waals surface area contributed by atoms with E-state index in [4.69, 9.17) is 0 Å². The maximum absolute atomic E-state index is 12.9. The predicted molar refractivity (Wildman–Crippen MR) is 74.8 cm³/mol. The molecule has 2 unspecified atom stereocenters. The fraction of sp³-hybridized carbons (Fsp3) is 0.933. The first-order chi connectivity index (χ1) is 9.79. The van der Waals surface area contributed by atoms with Crippen molar-refractivity contribution >= 4 is 5.91 Å². The molecule has 2 fully saturated rings. The number of alkyl halides is 3. The first-order valence-electron chi connectivity index (χ1n) is 7.92. The minimum Gasteiger partial charge on any atom is -0.329 e. The zero-order valence-electron chi connectivity index (χ0n) is 12.8. The summed E-state index contributed by atoms with van der Waals surface area (Å²) >= 11 is 0. The third kappa shape index (κ3) is 3.90. The highest BCUT2D eigenvalue weighted by atomic mass is 19.4. The van der Waals surface area contributed by atoms with E-state index in [2.05, 4.69) is 5.32 Å². The summed E-state index contributed by atoms with van der Waals surface area (Å²) in [6.45, 7) is 3.31. The number of nitrogens with one attached hydrogen (secondary N) is 1. The lowest BCUT2D eigenvalue weighted by atomic mass is 9.89. The van der Waals surface area contributed by atoms with Crippen molar-refractivity contribution in [1.82, 2.24) is 10.2 Å². The molecule has 0 bridgehead atoms. The Bertz CT molecular complexity index is 374. The highest BCUT2D eigenvalue weighted by Gasteiger charge is 2.48. The molecule has 1 heterocycles. The first-order valence-corrected chi connectivity index (χ1v) is 7.92. The minimum atomic E-state index is -4.34. The molecule has 1 aliphatic heterocycles. The van der Waals surface area contributed by atoms with Crippen LogP contribution in [0.5, 0.6) is 0 Å². The van der Waals surface area contributed by atoms with Gasteiger partial charge in [0.2, 0.25) is 5.91 Å². The van der Waals surface area contributed by atoms with E-state index in [1.807, 2.05) is 6.92 Å². The summed E-state index contributed by atoms with van der Waals surface area (Å²) in [4.78, 5) is 14.0. The predicted octanol–water partition coefficient (Wildman–Crippen LogP) is 3.10. The van der Waals surface area contributed by atoms with Crippen molar-refractivity contribution < 1.29 is 18.0 Å². The van der Waals surface area contributed by atoms with Gasteiger partial charge in [0.1, 0.15) is 6.54 Å². The van der Waals surface area contributed by atoms with Crippen molar-refractivity contribution in [2.45, 2.75) is 70.1 Å². The zero-order chi connectivity index (χ0) is 15.7. The lowest BCUT2D eigenvalue weighted by Gasteiger charge is -2.38. The second-order valence-electron chi connectivity index (χ2n) is 6.49. The van der Waals surface area contributed by atoms with Gasteiger partial charge < -0.3 is 10.2 Å². The van der Waals surface area contributed by atoms with Crippen LogP contribution < -0.4 is 5.32 Å². The summed E-state index contributed by atoms with van der Waals surface area (Å²) in [5.74, 6) is -0.116. The molecule has 0 aromatic rings. The summed E-state index contributed by atoms with van der Waals surface area (Å²) in [6.07, 6.45) is 0.404. The Labute approximate surface area is 124 Å². The van der Waals surface area contributed by atoms with Gasteiger partial charge in [0.25, 0.3) is 0 Å². The molecule has 21 heavy (non-hydrogen) atoms. The van der Waals surface area contributed by atoms with Crippen molar-refractivity contribution in [3.63, 3.8) is 0 Å². The zero-order valence-corrected chi connectivity index (χ0v) is 12.8. The van der Waals surface area contributed by atoms with Crippen LogP contribution in [-0.4, -0.2) is 41.7 Å². The molecule has 2 atom stereocenters. The molecule has 1 N–H and O–H groups in total. The van der Waals surface area contributed by atoms with E-state index < -0.39 is 18.3 Å². The first kappa shape index (κ1) is 16.6. The molecule has 3 nitrogen and oxygen atoms in total. The molecule has 2 rings (SSSR count). The van der Waals surface area contributed by atoms with Crippen LogP contribution >= 0.6 is 0 Å². The van der Waals surface area contributed by atoms with Crippen LogP contribution in [0.1, 0.15) is 52.4 Å². The summed E-state index contributed by atoms with van der Waals surface area (Å²) in [6, 6.07) is -0.324. The van der Waals surface area contributed by atoms with Crippen LogP contribution in [-0.2, 0) is 4.79 Å². The Morgan fingerprint density at radius 1 is 1.43 bits per heavy atom. The minimum absolute atomic E-state index is 0.233. The van der Waals surface area contributed by atoms with Gasteiger partial charge in [0.15, 0.2) is 0 Å². The number of carbonyl (C=O) groups excluding carboxylic acids is 1. The summed E-state index contributed by atoms with van der Waals surface area (Å²) in [5.41, 5.74) is -0.775. The van der Waals surface area contributed by atoms with Crippen molar-refractivity contribution in [3.05, 3.63) is 0 Å². The molecule has 0 radical (unpaired) electrons. The van der Waals surface area contributed by atoms with Gasteiger partial charge in [-0.1, -0.05) is 13.3 Å². The third-order valence-corrected chi connectivity index (χ3v) is 4.74. The molecule has 1 saturated carbocycles. The number of halogens is 3. The van der Waals surface area contributed by atoms with Gasteiger partial charge in [-0.15, -0.1) is 0 Å². The monoisotopic (exact) mass is 306 g/mol. The second-order valence-corrected chi connectivity index (χ2v) is 6.49. The summed E-state index contributed by atoms with van der Waals surface area (Å²) in [7, 11) is 0. The number of amides is 1. The Morgan fingerprint density at radius 3 is 2.52 bits per heavy atom. The molecule has 1 saturated heterocycles. The van der Waals surface area contributed by atoms with Gasteiger partial charge >= 0.3 is 6.18 Å². The smallest absolute Gasteiger partial charge is 0.329 e. The lowest BCUT2D eigenvalue weighted by molar-refractivity contribution is -0.170.